The van der Waals surface area contributed by atoms with Crippen molar-refractivity contribution < 1.29 is 4.74 Å². The molecule has 2 aromatic rings. The van der Waals surface area contributed by atoms with Crippen LogP contribution in [0.5, 0.6) is 0 Å². The number of benzene rings is 1. The van der Waals surface area contributed by atoms with E-state index in [4.69, 9.17) is 16.3 Å². The Morgan fingerprint density at radius 2 is 2.29 bits per heavy atom. The van der Waals surface area contributed by atoms with Crippen molar-refractivity contribution in [2.24, 2.45) is 0 Å². The first kappa shape index (κ1) is 16.7. The fourth-order valence-corrected chi connectivity index (χ4v) is 3.64. The highest BCUT2D eigenvalue weighted by Crippen LogP contribution is 2.34. The molecular weight excluding hydrogens is 326 g/mol. The molecule has 2 rings (SSSR count). The van der Waals surface area contributed by atoms with E-state index < -0.39 is 0 Å². The topological polar surface area (TPSA) is 47.0 Å². The van der Waals surface area contributed by atoms with Gasteiger partial charge in [-0.1, -0.05) is 36.4 Å². The number of hydrogen-bond acceptors (Lipinski definition) is 6. The maximum absolute atomic E-state index is 6.34. The van der Waals surface area contributed by atoms with E-state index in [1.807, 2.05) is 12.1 Å². The third-order valence-electron chi connectivity index (χ3n) is 2.77. The molecule has 1 aromatic heterocycles. The molecule has 0 atom stereocenters. The number of hydrogen-bond donors (Lipinski definition) is 1. The van der Waals surface area contributed by atoms with Crippen LogP contribution in [0.25, 0.3) is 0 Å². The van der Waals surface area contributed by atoms with Gasteiger partial charge in [-0.25, -0.2) is 4.98 Å². The van der Waals surface area contributed by atoms with Crippen LogP contribution >= 0.6 is 34.9 Å². The SMILES string of the molecule is CCc1nsc(Sc2ccc(CNCCOC)cc2Cl)n1. The Bertz CT molecular complexity index is 577. The number of nitrogens with one attached hydrogen (secondary N) is 1. The summed E-state index contributed by atoms with van der Waals surface area (Å²) in [7, 11) is 1.70. The number of aromatic nitrogens is 2. The van der Waals surface area contributed by atoms with Crippen molar-refractivity contribution in [1.29, 1.82) is 0 Å². The van der Waals surface area contributed by atoms with Crippen LogP contribution in [0.3, 0.4) is 0 Å². The number of nitrogens with zero attached hydrogens (tertiary/aromatic N) is 2. The van der Waals surface area contributed by atoms with Crippen molar-refractivity contribution in [3.05, 3.63) is 34.6 Å². The molecule has 0 aliphatic carbocycles. The van der Waals surface area contributed by atoms with Crippen molar-refractivity contribution in [2.75, 3.05) is 20.3 Å². The predicted molar refractivity (Wildman–Crippen MR) is 88.4 cm³/mol. The van der Waals surface area contributed by atoms with Crippen LogP contribution in [0.15, 0.2) is 27.4 Å². The summed E-state index contributed by atoms with van der Waals surface area (Å²) in [5.41, 5.74) is 1.16. The van der Waals surface area contributed by atoms with Crippen LogP contribution in [-0.2, 0) is 17.7 Å². The van der Waals surface area contributed by atoms with E-state index in [1.165, 1.54) is 11.5 Å². The second-order valence-corrected chi connectivity index (χ2v) is 6.81. The molecule has 0 unspecified atom stereocenters. The fourth-order valence-electron chi connectivity index (χ4n) is 1.66. The molecule has 0 radical (unpaired) electrons. The van der Waals surface area contributed by atoms with E-state index in [-0.39, 0.29) is 0 Å². The normalized spacial score (nSPS) is 11.0. The van der Waals surface area contributed by atoms with Gasteiger partial charge in [0.2, 0.25) is 0 Å². The molecule has 0 saturated heterocycles. The first-order chi connectivity index (χ1) is 10.2. The Labute approximate surface area is 138 Å². The summed E-state index contributed by atoms with van der Waals surface area (Å²) in [6.45, 7) is 4.37. The second kappa shape index (κ2) is 8.70. The molecular formula is C14H18ClN3OS2. The van der Waals surface area contributed by atoms with Gasteiger partial charge in [0.15, 0.2) is 4.34 Å². The molecule has 1 heterocycles. The van der Waals surface area contributed by atoms with Crippen molar-refractivity contribution in [1.82, 2.24) is 14.7 Å². The summed E-state index contributed by atoms with van der Waals surface area (Å²) < 4.78 is 10.2. The van der Waals surface area contributed by atoms with Gasteiger partial charge in [-0.2, -0.15) is 4.37 Å². The van der Waals surface area contributed by atoms with E-state index in [9.17, 15) is 0 Å². The summed E-state index contributed by atoms with van der Waals surface area (Å²) >= 11 is 9.33. The monoisotopic (exact) mass is 343 g/mol. The largest absolute Gasteiger partial charge is 0.383 e. The molecule has 4 nitrogen and oxygen atoms in total. The highest BCUT2D eigenvalue weighted by atomic mass is 35.5. The van der Waals surface area contributed by atoms with Gasteiger partial charge in [-0.05, 0) is 29.2 Å². The summed E-state index contributed by atoms with van der Waals surface area (Å²) in [6, 6.07) is 6.11. The number of halogens is 1. The third kappa shape index (κ3) is 5.23. The summed E-state index contributed by atoms with van der Waals surface area (Å²) in [6.07, 6.45) is 0.858. The predicted octanol–water partition coefficient (Wildman–Crippen LogP) is 3.64. The minimum absolute atomic E-state index is 0.707. The molecule has 0 aliphatic heterocycles. The fraction of sp³-hybridized carbons (Fsp3) is 0.429. The minimum Gasteiger partial charge on any atom is -0.383 e. The number of aryl methyl sites for hydroxylation is 1. The lowest BCUT2D eigenvalue weighted by atomic mass is 10.2. The Balaban J connectivity index is 1.95. The van der Waals surface area contributed by atoms with Crippen molar-refractivity contribution in [3.8, 4) is 0 Å². The van der Waals surface area contributed by atoms with Crippen LogP contribution in [0.2, 0.25) is 5.02 Å². The van der Waals surface area contributed by atoms with E-state index in [0.717, 1.165) is 45.2 Å². The molecule has 0 bridgehead atoms. The third-order valence-corrected chi connectivity index (χ3v) is 5.06. The summed E-state index contributed by atoms with van der Waals surface area (Å²) in [5, 5.41) is 4.05. The van der Waals surface area contributed by atoms with Gasteiger partial charge in [-0.15, -0.1) is 0 Å². The molecule has 0 aliphatic rings. The zero-order chi connectivity index (χ0) is 15.1. The first-order valence-corrected chi connectivity index (χ1v) is 8.68. The van der Waals surface area contributed by atoms with Crippen LogP contribution < -0.4 is 5.32 Å². The van der Waals surface area contributed by atoms with E-state index in [1.54, 1.807) is 18.9 Å². The molecule has 0 amide bonds. The Morgan fingerprint density at radius 1 is 1.43 bits per heavy atom. The van der Waals surface area contributed by atoms with E-state index in [2.05, 4.69) is 27.7 Å². The molecule has 21 heavy (non-hydrogen) atoms. The van der Waals surface area contributed by atoms with Crippen molar-refractivity contribution in [3.63, 3.8) is 0 Å². The Kier molecular flexibility index (Phi) is 6.92. The Hall–Kier alpha value is -0.660. The van der Waals surface area contributed by atoms with Crippen molar-refractivity contribution in [2.45, 2.75) is 29.1 Å². The molecule has 7 heteroatoms. The molecule has 1 aromatic carbocycles. The smallest absolute Gasteiger partial charge is 0.174 e. The van der Waals surface area contributed by atoms with Crippen LogP contribution in [0.4, 0.5) is 0 Å². The minimum atomic E-state index is 0.707. The maximum atomic E-state index is 6.34. The van der Waals surface area contributed by atoms with Crippen LogP contribution in [-0.4, -0.2) is 29.6 Å². The van der Waals surface area contributed by atoms with Gasteiger partial charge in [0.1, 0.15) is 5.82 Å². The molecule has 0 fully saturated rings. The van der Waals surface area contributed by atoms with Gasteiger partial charge >= 0.3 is 0 Å². The van der Waals surface area contributed by atoms with E-state index >= 15 is 0 Å². The summed E-state index contributed by atoms with van der Waals surface area (Å²) in [5.74, 6) is 0.887. The second-order valence-electron chi connectivity index (χ2n) is 4.37. The number of ether oxygens (including phenoxy) is 1. The van der Waals surface area contributed by atoms with Gasteiger partial charge in [0, 0.05) is 31.5 Å². The van der Waals surface area contributed by atoms with E-state index in [0.29, 0.717) is 6.61 Å². The zero-order valence-electron chi connectivity index (χ0n) is 12.1. The standard InChI is InChI=1S/C14H18ClN3OS2/c1-3-13-17-14(21-18-13)20-12-5-4-10(8-11(12)15)9-16-6-7-19-2/h4-5,8,16H,3,6-7,9H2,1-2H3. The molecule has 0 spiro atoms. The van der Waals surface area contributed by atoms with Crippen LogP contribution in [0, 0.1) is 0 Å². The Morgan fingerprint density at radius 3 is 2.95 bits per heavy atom. The number of rotatable bonds is 8. The van der Waals surface area contributed by atoms with Gasteiger partial charge in [-0.3, -0.25) is 0 Å². The van der Waals surface area contributed by atoms with Gasteiger partial charge in [0.05, 0.1) is 11.6 Å². The lowest BCUT2D eigenvalue weighted by Crippen LogP contribution is -2.18. The van der Waals surface area contributed by atoms with Crippen molar-refractivity contribution >= 4 is 34.9 Å². The average molecular weight is 344 g/mol. The molecule has 1 N–H and O–H groups in total. The highest BCUT2D eigenvalue weighted by molar-refractivity contribution is 8.01. The first-order valence-electron chi connectivity index (χ1n) is 6.71. The lowest BCUT2D eigenvalue weighted by Gasteiger charge is -2.07. The summed E-state index contributed by atoms with van der Waals surface area (Å²) in [4.78, 5) is 5.45. The average Bonchev–Trinajstić information content (AvgIpc) is 2.94. The highest BCUT2D eigenvalue weighted by Gasteiger charge is 2.08. The molecule has 0 saturated carbocycles. The van der Waals surface area contributed by atoms with Gasteiger partial charge in [0.25, 0.3) is 0 Å². The quantitative estimate of drug-likeness (QED) is 0.741. The zero-order valence-corrected chi connectivity index (χ0v) is 14.4. The molecule has 114 valence electrons. The van der Waals surface area contributed by atoms with Crippen LogP contribution in [0.1, 0.15) is 18.3 Å². The number of methoxy groups -OCH3 is 1. The maximum Gasteiger partial charge on any atom is 0.174 e. The van der Waals surface area contributed by atoms with Gasteiger partial charge < -0.3 is 10.1 Å². The lowest BCUT2D eigenvalue weighted by molar-refractivity contribution is 0.199.